The molecule has 0 aliphatic heterocycles. The van der Waals surface area contributed by atoms with Crippen LogP contribution in [0.4, 0.5) is 15.8 Å². The molecule has 5 nitrogen and oxygen atoms in total. The minimum Gasteiger partial charge on any atom is -0.487 e. The second-order valence-corrected chi connectivity index (χ2v) is 4.63. The third-order valence-electron chi connectivity index (χ3n) is 2.82. The van der Waals surface area contributed by atoms with Crippen LogP contribution in [0.25, 0.3) is 0 Å². The van der Waals surface area contributed by atoms with Gasteiger partial charge in [0.2, 0.25) is 0 Å². The Kier molecular flexibility index (Phi) is 4.59. The predicted octanol–water partition coefficient (Wildman–Crippen LogP) is 4.01. The lowest BCUT2D eigenvalue weighted by molar-refractivity contribution is -0.384. The van der Waals surface area contributed by atoms with E-state index in [2.05, 4.69) is 5.32 Å². The number of nitro groups is 1. The summed E-state index contributed by atoms with van der Waals surface area (Å²) in [6, 6.07) is 8.45. The smallest absolute Gasteiger partial charge is 0.292 e. The SMILES string of the molecule is CNc1cc(COc2ccc(F)cc2Cl)ccc1[N+](=O)[O-]. The van der Waals surface area contributed by atoms with Gasteiger partial charge in [0.05, 0.1) is 9.95 Å². The Morgan fingerprint density at radius 3 is 2.71 bits per heavy atom. The van der Waals surface area contributed by atoms with E-state index in [1.54, 1.807) is 19.2 Å². The molecule has 0 heterocycles. The summed E-state index contributed by atoms with van der Waals surface area (Å²) in [4.78, 5) is 10.4. The summed E-state index contributed by atoms with van der Waals surface area (Å²) in [7, 11) is 1.60. The summed E-state index contributed by atoms with van der Waals surface area (Å²) in [6.45, 7) is 0.165. The molecule has 0 aliphatic carbocycles. The molecule has 0 bridgehead atoms. The zero-order chi connectivity index (χ0) is 15.4. The molecule has 2 rings (SSSR count). The molecule has 0 spiro atoms. The number of nitrogens with one attached hydrogen (secondary N) is 1. The fraction of sp³-hybridized carbons (Fsp3) is 0.143. The van der Waals surface area contributed by atoms with Gasteiger partial charge in [0.25, 0.3) is 5.69 Å². The van der Waals surface area contributed by atoms with Crippen LogP contribution < -0.4 is 10.1 Å². The van der Waals surface area contributed by atoms with Crippen molar-refractivity contribution in [2.45, 2.75) is 6.61 Å². The molecular formula is C14H12ClFN2O3. The van der Waals surface area contributed by atoms with Gasteiger partial charge >= 0.3 is 0 Å². The maximum atomic E-state index is 12.9. The average molecular weight is 311 g/mol. The summed E-state index contributed by atoms with van der Waals surface area (Å²) in [5.74, 6) is -0.0948. The number of anilines is 1. The summed E-state index contributed by atoms with van der Waals surface area (Å²) >= 11 is 5.85. The first-order valence-electron chi connectivity index (χ1n) is 6.04. The highest BCUT2D eigenvalue weighted by Crippen LogP contribution is 2.28. The molecule has 110 valence electrons. The number of nitro benzene ring substituents is 1. The van der Waals surface area contributed by atoms with E-state index in [-0.39, 0.29) is 17.3 Å². The van der Waals surface area contributed by atoms with Gasteiger partial charge in [-0.15, -0.1) is 0 Å². The van der Waals surface area contributed by atoms with Crippen molar-refractivity contribution in [2.24, 2.45) is 0 Å². The van der Waals surface area contributed by atoms with Crippen molar-refractivity contribution < 1.29 is 14.1 Å². The standard InChI is InChI=1S/C14H12ClFN2O3/c1-17-12-6-9(2-4-13(12)18(19)20)8-21-14-5-3-10(16)7-11(14)15/h2-7,17H,8H2,1H3. The molecule has 0 saturated carbocycles. The van der Waals surface area contributed by atoms with Gasteiger partial charge in [0.15, 0.2) is 0 Å². The van der Waals surface area contributed by atoms with Crippen molar-refractivity contribution >= 4 is 23.0 Å². The average Bonchev–Trinajstić information content (AvgIpc) is 2.45. The second kappa shape index (κ2) is 6.41. The van der Waals surface area contributed by atoms with E-state index in [0.29, 0.717) is 11.4 Å². The fourth-order valence-electron chi connectivity index (χ4n) is 1.79. The molecule has 1 N–H and O–H groups in total. The van der Waals surface area contributed by atoms with Crippen molar-refractivity contribution in [3.8, 4) is 5.75 Å². The molecule has 0 unspecified atom stereocenters. The number of hydrogen-bond acceptors (Lipinski definition) is 4. The first kappa shape index (κ1) is 15.1. The first-order valence-corrected chi connectivity index (χ1v) is 6.42. The van der Waals surface area contributed by atoms with Crippen LogP contribution in [0.2, 0.25) is 5.02 Å². The summed E-state index contributed by atoms with van der Waals surface area (Å²) < 4.78 is 18.4. The maximum absolute atomic E-state index is 12.9. The van der Waals surface area contributed by atoms with Crippen LogP contribution in [0, 0.1) is 15.9 Å². The van der Waals surface area contributed by atoms with E-state index >= 15 is 0 Å². The maximum Gasteiger partial charge on any atom is 0.292 e. The number of nitrogens with zero attached hydrogens (tertiary/aromatic N) is 1. The molecule has 0 aromatic heterocycles. The predicted molar refractivity (Wildman–Crippen MR) is 78.4 cm³/mol. The van der Waals surface area contributed by atoms with E-state index in [1.807, 2.05) is 0 Å². The van der Waals surface area contributed by atoms with Gasteiger partial charge in [-0.2, -0.15) is 0 Å². The van der Waals surface area contributed by atoms with Gasteiger partial charge in [0.1, 0.15) is 23.9 Å². The Morgan fingerprint density at radius 1 is 1.33 bits per heavy atom. The van der Waals surface area contributed by atoms with Crippen molar-refractivity contribution in [3.05, 3.63) is 62.9 Å². The molecule has 7 heteroatoms. The van der Waals surface area contributed by atoms with Gasteiger partial charge in [-0.25, -0.2) is 4.39 Å². The van der Waals surface area contributed by atoms with Crippen LogP contribution in [-0.2, 0) is 6.61 Å². The molecule has 0 atom stereocenters. The van der Waals surface area contributed by atoms with Crippen LogP contribution in [0.5, 0.6) is 5.75 Å². The van der Waals surface area contributed by atoms with Crippen LogP contribution >= 0.6 is 11.6 Å². The quantitative estimate of drug-likeness (QED) is 0.669. The highest BCUT2D eigenvalue weighted by Gasteiger charge is 2.13. The molecule has 0 fully saturated rings. The van der Waals surface area contributed by atoms with Crippen LogP contribution in [0.15, 0.2) is 36.4 Å². The first-order chi connectivity index (χ1) is 10.0. The van der Waals surface area contributed by atoms with Gasteiger partial charge in [-0.05, 0) is 35.9 Å². The zero-order valence-corrected chi connectivity index (χ0v) is 11.9. The molecule has 0 saturated heterocycles. The number of ether oxygens (including phenoxy) is 1. The van der Waals surface area contributed by atoms with E-state index in [4.69, 9.17) is 16.3 Å². The van der Waals surface area contributed by atoms with Crippen molar-refractivity contribution in [3.63, 3.8) is 0 Å². The van der Waals surface area contributed by atoms with Gasteiger partial charge < -0.3 is 10.1 Å². The summed E-state index contributed by atoms with van der Waals surface area (Å²) in [5.41, 5.74) is 1.11. The minimum absolute atomic E-state index is 0.0129. The van der Waals surface area contributed by atoms with Crippen LogP contribution in [0.3, 0.4) is 0 Å². The van der Waals surface area contributed by atoms with Crippen molar-refractivity contribution in [1.82, 2.24) is 0 Å². The minimum atomic E-state index is -0.465. The van der Waals surface area contributed by atoms with Crippen molar-refractivity contribution in [1.29, 1.82) is 0 Å². The third-order valence-corrected chi connectivity index (χ3v) is 3.11. The van der Waals surface area contributed by atoms with Crippen molar-refractivity contribution in [2.75, 3.05) is 12.4 Å². The second-order valence-electron chi connectivity index (χ2n) is 4.22. The Morgan fingerprint density at radius 2 is 2.10 bits per heavy atom. The normalized spacial score (nSPS) is 10.2. The summed E-state index contributed by atoms with van der Waals surface area (Å²) in [5, 5.41) is 13.8. The number of halogens is 2. The highest BCUT2D eigenvalue weighted by atomic mass is 35.5. The van der Waals surface area contributed by atoms with E-state index in [0.717, 1.165) is 11.6 Å². The molecule has 0 radical (unpaired) electrons. The zero-order valence-electron chi connectivity index (χ0n) is 11.1. The Bertz CT molecular complexity index is 679. The highest BCUT2D eigenvalue weighted by molar-refractivity contribution is 6.32. The fourth-order valence-corrected chi connectivity index (χ4v) is 2.01. The lowest BCUT2D eigenvalue weighted by atomic mass is 10.2. The molecular weight excluding hydrogens is 299 g/mol. The number of hydrogen-bond donors (Lipinski definition) is 1. The lowest BCUT2D eigenvalue weighted by Gasteiger charge is -2.09. The Balaban J connectivity index is 2.15. The number of rotatable bonds is 5. The van der Waals surface area contributed by atoms with Gasteiger partial charge in [0, 0.05) is 13.1 Å². The van der Waals surface area contributed by atoms with E-state index in [9.17, 15) is 14.5 Å². The van der Waals surface area contributed by atoms with Crippen LogP contribution in [0.1, 0.15) is 5.56 Å². The molecule has 0 amide bonds. The van der Waals surface area contributed by atoms with E-state index in [1.165, 1.54) is 18.2 Å². The molecule has 0 aliphatic rings. The number of benzene rings is 2. The molecule has 2 aromatic rings. The largest absolute Gasteiger partial charge is 0.487 e. The Hall–Kier alpha value is -2.34. The monoisotopic (exact) mass is 310 g/mol. The van der Waals surface area contributed by atoms with Gasteiger partial charge in [-0.3, -0.25) is 10.1 Å². The van der Waals surface area contributed by atoms with E-state index < -0.39 is 10.7 Å². The third kappa shape index (κ3) is 3.61. The summed E-state index contributed by atoms with van der Waals surface area (Å²) in [6.07, 6.45) is 0. The molecule has 21 heavy (non-hydrogen) atoms. The molecule has 2 aromatic carbocycles. The lowest BCUT2D eigenvalue weighted by Crippen LogP contribution is -2.00. The van der Waals surface area contributed by atoms with Gasteiger partial charge in [-0.1, -0.05) is 11.6 Å². The topological polar surface area (TPSA) is 64.4 Å². The Labute approximate surface area is 125 Å². The van der Waals surface area contributed by atoms with Crippen LogP contribution in [-0.4, -0.2) is 12.0 Å².